The lowest BCUT2D eigenvalue weighted by Gasteiger charge is -2.36. The van der Waals surface area contributed by atoms with Crippen LogP contribution in [0.25, 0.3) is 22.2 Å². The molecular formula is C29H29N3O. The van der Waals surface area contributed by atoms with Crippen molar-refractivity contribution >= 4 is 22.5 Å². The molecule has 5 rings (SSSR count). The SMILES string of the molecule is Cc1ccc(C)c(-c2cc(C(=O)N3CCN(c4ccccc4)CC3)c3cccc(C)c3n2)c1. The van der Waals surface area contributed by atoms with E-state index < -0.39 is 0 Å². The zero-order valence-electron chi connectivity index (χ0n) is 19.5. The van der Waals surface area contributed by atoms with Crippen LogP contribution in [0.2, 0.25) is 0 Å². The number of hydrogen-bond acceptors (Lipinski definition) is 3. The standard InChI is InChI=1S/C29H29N3O/c1-20-12-13-21(2)25(18-20)27-19-26(24-11-7-8-22(3)28(24)30-27)29(33)32-16-14-31(15-17-32)23-9-5-4-6-10-23/h4-13,18-19H,14-17H2,1-3H3. The van der Waals surface area contributed by atoms with E-state index in [1.165, 1.54) is 11.3 Å². The van der Waals surface area contributed by atoms with Crippen LogP contribution >= 0.6 is 0 Å². The third-order valence-electron chi connectivity index (χ3n) is 6.63. The topological polar surface area (TPSA) is 36.4 Å². The number of benzene rings is 3. The van der Waals surface area contributed by atoms with E-state index in [-0.39, 0.29) is 5.91 Å². The molecule has 0 aliphatic carbocycles. The minimum absolute atomic E-state index is 0.0901. The Morgan fingerprint density at radius 3 is 2.30 bits per heavy atom. The van der Waals surface area contributed by atoms with Gasteiger partial charge in [0.25, 0.3) is 5.91 Å². The summed E-state index contributed by atoms with van der Waals surface area (Å²) >= 11 is 0. The van der Waals surface area contributed by atoms with Crippen molar-refractivity contribution in [3.05, 3.63) is 95.1 Å². The van der Waals surface area contributed by atoms with E-state index in [4.69, 9.17) is 4.98 Å². The molecule has 1 saturated heterocycles. The lowest BCUT2D eigenvalue weighted by molar-refractivity contribution is 0.0748. The lowest BCUT2D eigenvalue weighted by atomic mass is 9.97. The largest absolute Gasteiger partial charge is 0.368 e. The quantitative estimate of drug-likeness (QED) is 0.409. The summed E-state index contributed by atoms with van der Waals surface area (Å²) < 4.78 is 0. The highest BCUT2D eigenvalue weighted by Crippen LogP contribution is 2.30. The Morgan fingerprint density at radius 1 is 0.788 bits per heavy atom. The van der Waals surface area contributed by atoms with Gasteiger partial charge >= 0.3 is 0 Å². The highest BCUT2D eigenvalue weighted by Gasteiger charge is 2.25. The second-order valence-electron chi connectivity index (χ2n) is 8.96. The third kappa shape index (κ3) is 4.09. The Balaban J connectivity index is 1.51. The summed E-state index contributed by atoms with van der Waals surface area (Å²) in [5.74, 6) is 0.0901. The van der Waals surface area contributed by atoms with Crippen molar-refractivity contribution < 1.29 is 4.79 Å². The Morgan fingerprint density at radius 2 is 1.55 bits per heavy atom. The molecule has 3 aromatic carbocycles. The summed E-state index contributed by atoms with van der Waals surface area (Å²) in [4.78, 5) is 23.1. The zero-order valence-corrected chi connectivity index (χ0v) is 19.5. The Kier molecular flexibility index (Phi) is 5.59. The van der Waals surface area contributed by atoms with E-state index in [2.05, 4.69) is 74.2 Å². The van der Waals surface area contributed by atoms with Crippen LogP contribution in [-0.2, 0) is 0 Å². The van der Waals surface area contributed by atoms with Gasteiger partial charge in [0.2, 0.25) is 0 Å². The molecule has 4 nitrogen and oxygen atoms in total. The van der Waals surface area contributed by atoms with E-state index in [9.17, 15) is 4.79 Å². The second-order valence-corrected chi connectivity index (χ2v) is 8.96. The van der Waals surface area contributed by atoms with Gasteiger partial charge in [0.05, 0.1) is 16.8 Å². The van der Waals surface area contributed by atoms with Crippen LogP contribution in [0.1, 0.15) is 27.0 Å². The molecule has 0 unspecified atom stereocenters. The number of piperazine rings is 1. The van der Waals surface area contributed by atoms with Crippen molar-refractivity contribution in [2.75, 3.05) is 31.1 Å². The smallest absolute Gasteiger partial charge is 0.254 e. The van der Waals surface area contributed by atoms with Gasteiger partial charge in [0.15, 0.2) is 0 Å². The normalized spacial score (nSPS) is 14.0. The van der Waals surface area contributed by atoms with Gasteiger partial charge in [-0.3, -0.25) is 4.79 Å². The van der Waals surface area contributed by atoms with E-state index in [1.54, 1.807) is 0 Å². The number of hydrogen-bond donors (Lipinski definition) is 0. The highest BCUT2D eigenvalue weighted by atomic mass is 16.2. The first kappa shape index (κ1) is 21.2. The summed E-state index contributed by atoms with van der Waals surface area (Å²) in [5.41, 5.74) is 8.25. The van der Waals surface area contributed by atoms with Crippen molar-refractivity contribution in [2.45, 2.75) is 20.8 Å². The summed E-state index contributed by atoms with van der Waals surface area (Å²) in [5, 5.41) is 0.930. The molecular weight excluding hydrogens is 406 g/mol. The van der Waals surface area contributed by atoms with Crippen molar-refractivity contribution in [3.8, 4) is 11.3 Å². The molecule has 1 aliphatic heterocycles. The lowest BCUT2D eigenvalue weighted by Crippen LogP contribution is -2.48. The van der Waals surface area contributed by atoms with Crippen LogP contribution < -0.4 is 4.90 Å². The molecule has 1 amide bonds. The summed E-state index contributed by atoms with van der Waals surface area (Å²) in [6, 6.07) is 24.9. The first-order chi connectivity index (χ1) is 16.0. The highest BCUT2D eigenvalue weighted by molar-refractivity contribution is 6.08. The predicted octanol–water partition coefficient (Wildman–Crippen LogP) is 5.79. The van der Waals surface area contributed by atoms with Gasteiger partial charge in [-0.05, 0) is 56.2 Å². The average Bonchev–Trinajstić information content (AvgIpc) is 2.85. The molecule has 0 saturated carbocycles. The third-order valence-corrected chi connectivity index (χ3v) is 6.63. The predicted molar refractivity (Wildman–Crippen MR) is 136 cm³/mol. The monoisotopic (exact) mass is 435 g/mol. The molecule has 0 spiro atoms. The molecule has 166 valence electrons. The number of anilines is 1. The van der Waals surface area contributed by atoms with Crippen LogP contribution in [0.5, 0.6) is 0 Å². The molecule has 4 heteroatoms. The van der Waals surface area contributed by atoms with Crippen molar-refractivity contribution in [1.29, 1.82) is 0 Å². The Labute approximate surface area is 195 Å². The average molecular weight is 436 g/mol. The first-order valence-electron chi connectivity index (χ1n) is 11.6. The van der Waals surface area contributed by atoms with Crippen LogP contribution in [0.3, 0.4) is 0 Å². The van der Waals surface area contributed by atoms with Gasteiger partial charge < -0.3 is 9.80 Å². The molecule has 0 atom stereocenters. The van der Waals surface area contributed by atoms with Crippen LogP contribution in [0.15, 0.2) is 72.8 Å². The fourth-order valence-electron chi connectivity index (χ4n) is 4.70. The van der Waals surface area contributed by atoms with Crippen LogP contribution in [-0.4, -0.2) is 42.0 Å². The number of aromatic nitrogens is 1. The van der Waals surface area contributed by atoms with Gasteiger partial charge in [0.1, 0.15) is 0 Å². The number of carbonyl (C=O) groups excluding carboxylic acids is 1. The number of amides is 1. The minimum Gasteiger partial charge on any atom is -0.368 e. The molecule has 0 bridgehead atoms. The Hall–Kier alpha value is -3.66. The number of fused-ring (bicyclic) bond motifs is 1. The summed E-state index contributed by atoms with van der Waals surface area (Å²) in [6.45, 7) is 9.35. The number of aryl methyl sites for hydroxylation is 3. The van der Waals surface area contributed by atoms with E-state index >= 15 is 0 Å². The van der Waals surface area contributed by atoms with Crippen molar-refractivity contribution in [2.24, 2.45) is 0 Å². The van der Waals surface area contributed by atoms with Gasteiger partial charge in [-0.1, -0.05) is 54.1 Å². The molecule has 1 aliphatic rings. The number of carbonyl (C=O) groups is 1. The van der Waals surface area contributed by atoms with Gasteiger partial charge in [-0.15, -0.1) is 0 Å². The zero-order chi connectivity index (χ0) is 22.9. The summed E-state index contributed by atoms with van der Waals surface area (Å²) in [7, 11) is 0. The molecule has 0 radical (unpaired) electrons. The van der Waals surface area contributed by atoms with Crippen molar-refractivity contribution in [1.82, 2.24) is 9.88 Å². The van der Waals surface area contributed by atoms with E-state index in [1.807, 2.05) is 29.2 Å². The fraction of sp³-hybridized carbons (Fsp3) is 0.241. The first-order valence-corrected chi connectivity index (χ1v) is 11.6. The number of nitrogens with zero attached hydrogens (tertiary/aromatic N) is 3. The molecule has 0 N–H and O–H groups in total. The molecule has 4 aromatic rings. The number of para-hydroxylation sites is 2. The second kappa shape index (κ2) is 8.70. The maximum Gasteiger partial charge on any atom is 0.254 e. The molecule has 33 heavy (non-hydrogen) atoms. The summed E-state index contributed by atoms with van der Waals surface area (Å²) in [6.07, 6.45) is 0. The molecule has 1 fully saturated rings. The molecule has 1 aromatic heterocycles. The van der Waals surface area contributed by atoms with Gasteiger partial charge in [0, 0.05) is 42.8 Å². The minimum atomic E-state index is 0.0901. The number of rotatable bonds is 3. The maximum absolute atomic E-state index is 13.8. The van der Waals surface area contributed by atoms with Crippen LogP contribution in [0, 0.1) is 20.8 Å². The molecule has 2 heterocycles. The maximum atomic E-state index is 13.8. The van der Waals surface area contributed by atoms with E-state index in [0.717, 1.165) is 51.9 Å². The van der Waals surface area contributed by atoms with E-state index in [0.29, 0.717) is 13.1 Å². The fourth-order valence-corrected chi connectivity index (χ4v) is 4.70. The van der Waals surface area contributed by atoms with Gasteiger partial charge in [-0.25, -0.2) is 4.98 Å². The Bertz CT molecular complexity index is 1320. The van der Waals surface area contributed by atoms with Crippen LogP contribution in [0.4, 0.5) is 5.69 Å². The number of pyridine rings is 1. The van der Waals surface area contributed by atoms with Gasteiger partial charge in [-0.2, -0.15) is 0 Å². The van der Waals surface area contributed by atoms with Crippen molar-refractivity contribution in [3.63, 3.8) is 0 Å².